The molecule has 0 saturated heterocycles. The summed E-state index contributed by atoms with van der Waals surface area (Å²) in [6, 6.07) is 15.9. The molecule has 29 heavy (non-hydrogen) atoms. The van der Waals surface area contributed by atoms with Gasteiger partial charge in [0.1, 0.15) is 22.6 Å². The second kappa shape index (κ2) is 9.66. The van der Waals surface area contributed by atoms with Crippen LogP contribution in [0.4, 0.5) is 5.00 Å². The molecule has 0 aliphatic carbocycles. The van der Waals surface area contributed by atoms with Gasteiger partial charge < -0.3 is 14.8 Å². The lowest BCUT2D eigenvalue weighted by atomic mass is 10.0. The van der Waals surface area contributed by atoms with Gasteiger partial charge in [-0.1, -0.05) is 42.5 Å². The molecule has 0 saturated carbocycles. The molecule has 1 amide bonds. The topological polar surface area (TPSA) is 81.7 Å². The zero-order valence-corrected chi connectivity index (χ0v) is 16.5. The highest BCUT2D eigenvalue weighted by Crippen LogP contribution is 2.36. The van der Waals surface area contributed by atoms with Gasteiger partial charge in [0.2, 0.25) is 0 Å². The molecule has 148 valence electrons. The van der Waals surface area contributed by atoms with Crippen LogP contribution in [0, 0.1) is 0 Å². The number of hydrogen-bond acceptors (Lipinski definition) is 6. The van der Waals surface area contributed by atoms with Crippen LogP contribution in [-0.4, -0.2) is 31.4 Å². The molecule has 3 aromatic rings. The quantitative estimate of drug-likeness (QED) is 0.440. The van der Waals surface area contributed by atoms with Crippen molar-refractivity contribution in [1.29, 1.82) is 0 Å². The van der Waals surface area contributed by atoms with Crippen LogP contribution < -0.4 is 10.1 Å². The van der Waals surface area contributed by atoms with Crippen LogP contribution >= 0.6 is 11.3 Å². The maximum absolute atomic E-state index is 12.5. The van der Waals surface area contributed by atoms with Crippen LogP contribution in [0.2, 0.25) is 0 Å². The standard InChI is InChI=1S/C22H19NO5S/c1-2-27-22(26)20-18(16-8-4-3-5-9-16)14-29-21(20)23-19(25)13-28-17-10-6-7-15(11-17)12-24/h3-12,14H,2,13H2,1H3,(H,23,25). The minimum absolute atomic E-state index is 0.229. The third-order valence-electron chi connectivity index (χ3n) is 3.97. The number of aldehydes is 1. The Morgan fingerprint density at radius 3 is 2.62 bits per heavy atom. The average molecular weight is 409 g/mol. The van der Waals surface area contributed by atoms with E-state index in [0.717, 1.165) is 5.56 Å². The predicted molar refractivity (Wildman–Crippen MR) is 112 cm³/mol. The Bertz CT molecular complexity index is 1010. The summed E-state index contributed by atoms with van der Waals surface area (Å²) < 4.78 is 10.6. The number of hydrogen-bond donors (Lipinski definition) is 1. The molecule has 0 bridgehead atoms. The van der Waals surface area contributed by atoms with Gasteiger partial charge in [0.25, 0.3) is 5.91 Å². The minimum atomic E-state index is -0.498. The average Bonchev–Trinajstić information content (AvgIpc) is 3.16. The second-order valence-corrected chi connectivity index (χ2v) is 6.85. The van der Waals surface area contributed by atoms with E-state index in [1.54, 1.807) is 31.2 Å². The Kier molecular flexibility index (Phi) is 6.76. The molecule has 6 nitrogen and oxygen atoms in total. The number of carbonyl (C=O) groups is 3. The summed E-state index contributed by atoms with van der Waals surface area (Å²) in [6.45, 7) is 1.70. The molecule has 1 aromatic heterocycles. The summed E-state index contributed by atoms with van der Waals surface area (Å²) in [4.78, 5) is 35.7. The van der Waals surface area contributed by atoms with Gasteiger partial charge in [-0.15, -0.1) is 11.3 Å². The van der Waals surface area contributed by atoms with Gasteiger partial charge in [0.05, 0.1) is 6.61 Å². The first-order chi connectivity index (χ1) is 14.1. The van der Waals surface area contributed by atoms with Crippen molar-refractivity contribution in [1.82, 2.24) is 0 Å². The summed E-state index contributed by atoms with van der Waals surface area (Å²) in [5.74, 6) is -0.512. The molecule has 0 fully saturated rings. The molecule has 0 radical (unpaired) electrons. The number of carbonyl (C=O) groups excluding carboxylic acids is 3. The lowest BCUT2D eigenvalue weighted by molar-refractivity contribution is -0.118. The van der Waals surface area contributed by atoms with E-state index in [4.69, 9.17) is 9.47 Å². The van der Waals surface area contributed by atoms with Crippen molar-refractivity contribution in [2.45, 2.75) is 6.92 Å². The lowest BCUT2D eigenvalue weighted by Crippen LogP contribution is -2.21. The Balaban J connectivity index is 1.77. The fourth-order valence-electron chi connectivity index (χ4n) is 2.68. The number of rotatable bonds is 8. The van der Waals surface area contributed by atoms with Gasteiger partial charge in [-0.3, -0.25) is 9.59 Å². The maximum Gasteiger partial charge on any atom is 0.341 e. The summed E-state index contributed by atoms with van der Waals surface area (Å²) >= 11 is 1.25. The van der Waals surface area contributed by atoms with E-state index in [-0.39, 0.29) is 13.2 Å². The van der Waals surface area contributed by atoms with Crippen molar-refractivity contribution >= 4 is 34.5 Å². The number of ether oxygens (including phenoxy) is 2. The van der Waals surface area contributed by atoms with E-state index in [1.165, 1.54) is 11.3 Å². The number of anilines is 1. The molecule has 0 unspecified atom stereocenters. The highest BCUT2D eigenvalue weighted by Gasteiger charge is 2.22. The van der Waals surface area contributed by atoms with Gasteiger partial charge in [0.15, 0.2) is 6.61 Å². The zero-order chi connectivity index (χ0) is 20.6. The Morgan fingerprint density at radius 2 is 1.90 bits per heavy atom. The summed E-state index contributed by atoms with van der Waals surface area (Å²) in [7, 11) is 0. The molecule has 7 heteroatoms. The maximum atomic E-state index is 12.5. The number of amides is 1. The van der Waals surface area contributed by atoms with Gasteiger partial charge in [0, 0.05) is 16.5 Å². The first-order valence-electron chi connectivity index (χ1n) is 8.94. The van der Waals surface area contributed by atoms with E-state index in [9.17, 15) is 14.4 Å². The monoisotopic (exact) mass is 409 g/mol. The van der Waals surface area contributed by atoms with Gasteiger partial charge in [-0.2, -0.15) is 0 Å². The molecule has 3 rings (SSSR count). The van der Waals surface area contributed by atoms with E-state index >= 15 is 0 Å². The fraction of sp³-hybridized carbons (Fsp3) is 0.136. The second-order valence-electron chi connectivity index (χ2n) is 5.97. The van der Waals surface area contributed by atoms with Gasteiger partial charge in [-0.05, 0) is 24.6 Å². The molecular formula is C22H19NO5S. The first-order valence-corrected chi connectivity index (χ1v) is 9.82. The van der Waals surface area contributed by atoms with Crippen molar-refractivity contribution in [2.24, 2.45) is 0 Å². The fourth-order valence-corrected chi connectivity index (χ4v) is 3.65. The largest absolute Gasteiger partial charge is 0.484 e. The van der Waals surface area contributed by atoms with Crippen LogP contribution in [0.3, 0.4) is 0 Å². The Hall–Kier alpha value is -3.45. The zero-order valence-electron chi connectivity index (χ0n) is 15.7. The van der Waals surface area contributed by atoms with E-state index < -0.39 is 11.9 Å². The highest BCUT2D eigenvalue weighted by atomic mass is 32.1. The van der Waals surface area contributed by atoms with Gasteiger partial charge in [-0.25, -0.2) is 4.79 Å². The molecule has 0 atom stereocenters. The van der Waals surface area contributed by atoms with Crippen molar-refractivity contribution < 1.29 is 23.9 Å². The molecule has 2 aromatic carbocycles. The molecule has 1 heterocycles. The SMILES string of the molecule is CCOC(=O)c1c(-c2ccccc2)csc1NC(=O)COc1cccc(C=O)c1. The summed E-state index contributed by atoms with van der Waals surface area (Å²) in [5.41, 5.74) is 2.33. The minimum Gasteiger partial charge on any atom is -0.484 e. The van der Waals surface area contributed by atoms with Crippen LogP contribution in [0.5, 0.6) is 5.75 Å². The molecule has 1 N–H and O–H groups in total. The Morgan fingerprint density at radius 1 is 1.10 bits per heavy atom. The number of nitrogens with one attached hydrogen (secondary N) is 1. The van der Waals surface area contributed by atoms with Crippen LogP contribution in [-0.2, 0) is 9.53 Å². The third kappa shape index (κ3) is 5.08. The molecule has 0 aliphatic heterocycles. The van der Waals surface area contributed by atoms with Crippen molar-refractivity contribution in [3.8, 4) is 16.9 Å². The van der Waals surface area contributed by atoms with Gasteiger partial charge >= 0.3 is 5.97 Å². The van der Waals surface area contributed by atoms with Crippen LogP contribution in [0.15, 0.2) is 60.0 Å². The Labute approximate surface area is 172 Å². The smallest absolute Gasteiger partial charge is 0.341 e. The molecule has 0 aliphatic rings. The van der Waals surface area contributed by atoms with E-state index in [0.29, 0.717) is 33.7 Å². The predicted octanol–water partition coefficient (Wildman–Crippen LogP) is 4.42. The van der Waals surface area contributed by atoms with E-state index in [1.807, 2.05) is 35.7 Å². The highest BCUT2D eigenvalue weighted by molar-refractivity contribution is 7.15. The van der Waals surface area contributed by atoms with Crippen molar-refractivity contribution in [3.63, 3.8) is 0 Å². The lowest BCUT2D eigenvalue weighted by Gasteiger charge is -2.10. The van der Waals surface area contributed by atoms with Crippen LogP contribution in [0.25, 0.3) is 11.1 Å². The van der Waals surface area contributed by atoms with Crippen LogP contribution in [0.1, 0.15) is 27.6 Å². The summed E-state index contributed by atoms with van der Waals surface area (Å²) in [6.07, 6.45) is 0.704. The number of benzene rings is 2. The number of esters is 1. The first kappa shape index (κ1) is 20.3. The number of thiophene rings is 1. The van der Waals surface area contributed by atoms with Crippen molar-refractivity contribution in [3.05, 3.63) is 71.1 Å². The summed E-state index contributed by atoms with van der Waals surface area (Å²) in [5, 5.41) is 4.93. The van der Waals surface area contributed by atoms with Crippen molar-refractivity contribution in [2.75, 3.05) is 18.5 Å². The molecule has 0 spiro atoms. The normalized spacial score (nSPS) is 10.2. The third-order valence-corrected chi connectivity index (χ3v) is 4.87. The van der Waals surface area contributed by atoms with E-state index in [2.05, 4.69) is 5.32 Å². The molecular weight excluding hydrogens is 390 g/mol.